The quantitative estimate of drug-likeness (QED) is 0.162. The van der Waals surface area contributed by atoms with Gasteiger partial charge in [-0.2, -0.15) is 9.97 Å². The third-order valence-electron chi connectivity index (χ3n) is 12.0. The molecule has 3 aromatic heterocycles. The maximum atomic E-state index is 5.45. The predicted molar refractivity (Wildman–Crippen MR) is 256 cm³/mol. The van der Waals surface area contributed by atoms with E-state index < -0.39 is 0 Å². The summed E-state index contributed by atoms with van der Waals surface area (Å²) in [5.74, 6) is 1.73. The number of fused-ring (bicyclic) bond motifs is 6. The van der Waals surface area contributed by atoms with Gasteiger partial charge in [-0.3, -0.25) is 4.57 Å². The van der Waals surface area contributed by atoms with Crippen molar-refractivity contribution < 1.29 is 0 Å². The molecule has 0 radical (unpaired) electrons. The highest BCUT2D eigenvalue weighted by Gasteiger charge is 2.22. The van der Waals surface area contributed by atoms with Gasteiger partial charge in [-0.1, -0.05) is 170 Å². The molecule has 0 unspecified atom stereocenters. The SMILES string of the molecule is c1ccc(-c2ccc(-c3cc(-c4ccccc4)cc(-c4nc(-c5ccccc5-n5c6ccccc6c6ccccc65)nc(-n5c6ccccc6c6ccccc65)n4)c3)cc2)cc1. The summed E-state index contributed by atoms with van der Waals surface area (Å²) in [5, 5.41) is 4.68. The van der Waals surface area contributed by atoms with E-state index in [0.717, 1.165) is 71.9 Å². The summed E-state index contributed by atoms with van der Waals surface area (Å²) in [5.41, 5.74) is 13.8. The molecular formula is C57H37N5. The maximum absolute atomic E-state index is 5.45. The van der Waals surface area contributed by atoms with Crippen LogP contribution < -0.4 is 0 Å². The van der Waals surface area contributed by atoms with Gasteiger partial charge in [-0.05, 0) is 88.0 Å². The topological polar surface area (TPSA) is 48.5 Å². The second-order valence-electron chi connectivity index (χ2n) is 15.6. The molecule has 0 N–H and O–H groups in total. The largest absolute Gasteiger partial charge is 0.309 e. The van der Waals surface area contributed by atoms with Gasteiger partial charge in [0.15, 0.2) is 11.6 Å². The average Bonchev–Trinajstić information content (AvgIpc) is 3.87. The summed E-state index contributed by atoms with van der Waals surface area (Å²) >= 11 is 0. The summed E-state index contributed by atoms with van der Waals surface area (Å²) in [4.78, 5) is 16.3. The van der Waals surface area contributed by atoms with E-state index in [1.54, 1.807) is 0 Å². The van der Waals surface area contributed by atoms with E-state index in [9.17, 15) is 0 Å². The lowest BCUT2D eigenvalue weighted by Crippen LogP contribution is -2.08. The molecule has 0 bridgehead atoms. The van der Waals surface area contributed by atoms with Crippen LogP contribution in [-0.4, -0.2) is 24.1 Å². The van der Waals surface area contributed by atoms with E-state index in [2.05, 4.69) is 234 Å². The molecule has 0 atom stereocenters. The molecule has 0 saturated carbocycles. The lowest BCUT2D eigenvalue weighted by atomic mass is 9.94. The van der Waals surface area contributed by atoms with E-state index in [1.807, 2.05) is 0 Å². The Morgan fingerprint density at radius 3 is 1.16 bits per heavy atom. The Bertz CT molecular complexity index is 3520. The zero-order valence-electron chi connectivity index (χ0n) is 33.6. The Morgan fingerprint density at radius 2 is 0.629 bits per heavy atom. The maximum Gasteiger partial charge on any atom is 0.238 e. The van der Waals surface area contributed by atoms with Crippen molar-refractivity contribution in [2.75, 3.05) is 0 Å². The summed E-state index contributed by atoms with van der Waals surface area (Å²) < 4.78 is 4.53. The summed E-state index contributed by atoms with van der Waals surface area (Å²) in [6.07, 6.45) is 0. The van der Waals surface area contributed by atoms with Crippen LogP contribution in [-0.2, 0) is 0 Å². The third kappa shape index (κ3) is 5.98. The van der Waals surface area contributed by atoms with Gasteiger partial charge in [0.1, 0.15) is 0 Å². The molecular weight excluding hydrogens is 755 g/mol. The van der Waals surface area contributed by atoms with Crippen molar-refractivity contribution in [1.29, 1.82) is 0 Å². The Hall–Kier alpha value is -8.41. The van der Waals surface area contributed by atoms with Crippen molar-refractivity contribution in [2.24, 2.45) is 0 Å². The van der Waals surface area contributed by atoms with Crippen LogP contribution in [0.5, 0.6) is 0 Å². The van der Waals surface area contributed by atoms with Gasteiger partial charge < -0.3 is 4.57 Å². The lowest BCUT2D eigenvalue weighted by Gasteiger charge is -2.16. The first-order valence-electron chi connectivity index (χ1n) is 20.9. The normalized spacial score (nSPS) is 11.5. The van der Waals surface area contributed by atoms with E-state index in [4.69, 9.17) is 15.0 Å². The number of para-hydroxylation sites is 5. The zero-order chi connectivity index (χ0) is 41.0. The van der Waals surface area contributed by atoms with Gasteiger partial charge in [-0.15, -0.1) is 0 Å². The Kier molecular flexibility index (Phi) is 8.42. The van der Waals surface area contributed by atoms with Crippen LogP contribution in [0.3, 0.4) is 0 Å². The molecule has 12 aromatic rings. The van der Waals surface area contributed by atoms with Crippen molar-refractivity contribution in [2.45, 2.75) is 0 Å². The molecule has 0 saturated heterocycles. The number of benzene rings is 9. The fourth-order valence-corrected chi connectivity index (χ4v) is 9.10. The highest BCUT2D eigenvalue weighted by molar-refractivity contribution is 6.10. The Labute approximate surface area is 358 Å². The first-order valence-corrected chi connectivity index (χ1v) is 20.9. The van der Waals surface area contributed by atoms with Crippen molar-refractivity contribution in [3.8, 4) is 67.8 Å². The van der Waals surface area contributed by atoms with E-state index in [0.29, 0.717) is 17.6 Å². The van der Waals surface area contributed by atoms with E-state index in [1.165, 1.54) is 21.9 Å². The molecule has 290 valence electrons. The number of rotatable bonds is 7. The van der Waals surface area contributed by atoms with E-state index in [-0.39, 0.29) is 0 Å². The molecule has 0 spiro atoms. The van der Waals surface area contributed by atoms with Gasteiger partial charge in [0.05, 0.1) is 27.8 Å². The number of hydrogen-bond donors (Lipinski definition) is 0. The smallest absolute Gasteiger partial charge is 0.238 e. The monoisotopic (exact) mass is 791 g/mol. The van der Waals surface area contributed by atoms with E-state index >= 15 is 0 Å². The number of hydrogen-bond acceptors (Lipinski definition) is 3. The molecule has 0 aliphatic carbocycles. The molecule has 5 nitrogen and oxygen atoms in total. The van der Waals surface area contributed by atoms with Crippen LogP contribution in [0.25, 0.3) is 111 Å². The highest BCUT2D eigenvalue weighted by atomic mass is 15.2. The molecule has 12 rings (SSSR count). The van der Waals surface area contributed by atoms with Gasteiger partial charge >= 0.3 is 0 Å². The van der Waals surface area contributed by atoms with Crippen molar-refractivity contribution in [3.63, 3.8) is 0 Å². The molecule has 0 aliphatic rings. The van der Waals surface area contributed by atoms with Crippen LogP contribution in [0.2, 0.25) is 0 Å². The van der Waals surface area contributed by atoms with Gasteiger partial charge in [0, 0.05) is 32.7 Å². The lowest BCUT2D eigenvalue weighted by molar-refractivity contribution is 0.952. The zero-order valence-corrected chi connectivity index (χ0v) is 33.6. The van der Waals surface area contributed by atoms with Gasteiger partial charge in [0.25, 0.3) is 0 Å². The first-order chi connectivity index (χ1) is 30.7. The highest BCUT2D eigenvalue weighted by Crippen LogP contribution is 2.39. The second kappa shape index (κ2) is 14.7. The minimum Gasteiger partial charge on any atom is -0.309 e. The van der Waals surface area contributed by atoms with Crippen molar-refractivity contribution >= 4 is 43.6 Å². The minimum atomic E-state index is 0.554. The first kappa shape index (κ1) is 35.5. The molecule has 62 heavy (non-hydrogen) atoms. The fourth-order valence-electron chi connectivity index (χ4n) is 9.10. The predicted octanol–water partition coefficient (Wildman–Crippen LogP) is 14.4. The van der Waals surface area contributed by atoms with Crippen LogP contribution >= 0.6 is 0 Å². The summed E-state index contributed by atoms with van der Waals surface area (Å²) in [6.45, 7) is 0. The fraction of sp³-hybridized carbons (Fsp3) is 0. The molecule has 3 heterocycles. The van der Waals surface area contributed by atoms with Gasteiger partial charge in [0.2, 0.25) is 5.95 Å². The van der Waals surface area contributed by atoms with Crippen LogP contribution in [0.15, 0.2) is 224 Å². The number of nitrogens with zero attached hydrogens (tertiary/aromatic N) is 5. The standard InChI is InChI=1S/C57H37N5/c1-3-17-38(18-4-1)40-31-33-41(34-32-40)43-35-42(39-19-5-2-6-20-39)36-44(37-43)55-58-56(60-57(59-55)62-52-28-14-9-23-47(52)48-24-10-15-29-53(48)62)49-25-11-16-30-54(49)61-50-26-12-7-21-45(50)46-22-8-13-27-51(46)61/h1-37H. The summed E-state index contributed by atoms with van der Waals surface area (Å²) in [6, 6.07) is 79.3. The number of aromatic nitrogens is 5. The van der Waals surface area contributed by atoms with Crippen LogP contribution in [0, 0.1) is 0 Å². The Morgan fingerprint density at radius 1 is 0.258 bits per heavy atom. The molecule has 0 amide bonds. The van der Waals surface area contributed by atoms with Crippen molar-refractivity contribution in [3.05, 3.63) is 224 Å². The molecule has 0 fully saturated rings. The van der Waals surface area contributed by atoms with Crippen molar-refractivity contribution in [1.82, 2.24) is 24.1 Å². The van der Waals surface area contributed by atoms with Gasteiger partial charge in [-0.25, -0.2) is 4.98 Å². The van der Waals surface area contributed by atoms with Crippen LogP contribution in [0.4, 0.5) is 0 Å². The second-order valence-corrected chi connectivity index (χ2v) is 15.6. The molecule has 0 aliphatic heterocycles. The average molecular weight is 792 g/mol. The summed E-state index contributed by atoms with van der Waals surface area (Å²) in [7, 11) is 0. The molecule has 9 aromatic carbocycles. The third-order valence-corrected chi connectivity index (χ3v) is 12.0. The minimum absolute atomic E-state index is 0.554. The van der Waals surface area contributed by atoms with Crippen LogP contribution in [0.1, 0.15) is 0 Å². The Balaban J connectivity index is 1.12. The molecule has 5 heteroatoms.